The molecule has 0 saturated carbocycles. The van der Waals surface area contributed by atoms with Crippen LogP contribution in [0.15, 0.2) is 39.3 Å². The zero-order chi connectivity index (χ0) is 14.8. The molecular formula is C17H17Br2NO. The molecule has 4 heteroatoms. The van der Waals surface area contributed by atoms with Gasteiger partial charge in [0.05, 0.1) is 6.61 Å². The Morgan fingerprint density at radius 3 is 2.71 bits per heavy atom. The van der Waals surface area contributed by atoms with Crippen LogP contribution in [-0.2, 0) is 19.4 Å². The van der Waals surface area contributed by atoms with Crippen molar-refractivity contribution in [3.8, 4) is 5.75 Å². The van der Waals surface area contributed by atoms with Crippen molar-refractivity contribution in [2.24, 2.45) is 0 Å². The molecule has 0 amide bonds. The first-order valence-electron chi connectivity index (χ1n) is 7.13. The van der Waals surface area contributed by atoms with Crippen LogP contribution in [0.3, 0.4) is 0 Å². The van der Waals surface area contributed by atoms with Crippen molar-refractivity contribution in [1.29, 1.82) is 0 Å². The number of benzene rings is 2. The predicted molar refractivity (Wildman–Crippen MR) is 94.2 cm³/mol. The average Bonchev–Trinajstić information content (AvgIpc) is 2.93. The molecule has 110 valence electrons. The summed E-state index contributed by atoms with van der Waals surface area (Å²) in [6.07, 6.45) is 2.01. The molecule has 1 N–H and O–H groups in total. The van der Waals surface area contributed by atoms with Crippen molar-refractivity contribution >= 4 is 37.5 Å². The van der Waals surface area contributed by atoms with Crippen LogP contribution in [0.25, 0.3) is 0 Å². The molecule has 0 aromatic heterocycles. The second kappa shape index (κ2) is 6.41. The van der Waals surface area contributed by atoms with E-state index in [1.807, 2.05) is 0 Å². The molecule has 1 aliphatic rings. The highest BCUT2D eigenvalue weighted by molar-refractivity contribution is 9.10. The van der Waals surface area contributed by atoms with E-state index in [0.29, 0.717) is 0 Å². The summed E-state index contributed by atoms with van der Waals surface area (Å²) in [6, 6.07) is 10.7. The van der Waals surface area contributed by atoms with Gasteiger partial charge in [0, 0.05) is 33.2 Å². The van der Waals surface area contributed by atoms with E-state index in [1.165, 1.54) is 22.4 Å². The van der Waals surface area contributed by atoms with Crippen LogP contribution < -0.4 is 10.1 Å². The van der Waals surface area contributed by atoms with Gasteiger partial charge in [-0.25, -0.2) is 0 Å². The van der Waals surface area contributed by atoms with Gasteiger partial charge in [-0.3, -0.25) is 0 Å². The van der Waals surface area contributed by atoms with Crippen molar-refractivity contribution in [3.05, 3.63) is 56.0 Å². The Balaban J connectivity index is 1.83. The van der Waals surface area contributed by atoms with Gasteiger partial charge in [0.15, 0.2) is 0 Å². The van der Waals surface area contributed by atoms with Gasteiger partial charge in [-0.05, 0) is 47.9 Å². The summed E-state index contributed by atoms with van der Waals surface area (Å²) in [5, 5.41) is 3.54. The SMILES string of the molecule is CCc1cc(Br)ccc1NCc1cc(Br)cc2c1OCC2. The third-order valence-corrected chi connectivity index (χ3v) is 4.69. The molecule has 1 aliphatic heterocycles. The summed E-state index contributed by atoms with van der Waals surface area (Å²) in [5.74, 6) is 1.06. The minimum absolute atomic E-state index is 0.774. The number of hydrogen-bond acceptors (Lipinski definition) is 2. The largest absolute Gasteiger partial charge is 0.493 e. The Labute approximate surface area is 142 Å². The maximum atomic E-state index is 5.78. The molecule has 0 unspecified atom stereocenters. The number of ether oxygens (including phenoxy) is 1. The Kier molecular flexibility index (Phi) is 4.55. The summed E-state index contributed by atoms with van der Waals surface area (Å²) in [6.45, 7) is 3.74. The molecule has 0 atom stereocenters. The number of aryl methyl sites for hydroxylation is 1. The minimum atomic E-state index is 0.774. The van der Waals surface area contributed by atoms with Crippen LogP contribution in [0.2, 0.25) is 0 Å². The van der Waals surface area contributed by atoms with E-state index in [4.69, 9.17) is 4.74 Å². The second-order valence-electron chi connectivity index (χ2n) is 5.16. The summed E-state index contributed by atoms with van der Waals surface area (Å²) in [7, 11) is 0. The molecule has 2 nitrogen and oxygen atoms in total. The fourth-order valence-electron chi connectivity index (χ4n) is 2.70. The van der Waals surface area contributed by atoms with Crippen molar-refractivity contribution in [2.75, 3.05) is 11.9 Å². The standard InChI is InChI=1S/C17H17Br2NO/c1-2-11-7-14(18)3-4-16(11)20-10-13-9-15(19)8-12-5-6-21-17(12)13/h3-4,7-9,20H,2,5-6,10H2,1H3. The molecule has 1 heterocycles. The third-order valence-electron chi connectivity index (χ3n) is 3.74. The van der Waals surface area contributed by atoms with Crippen LogP contribution in [0.1, 0.15) is 23.6 Å². The lowest BCUT2D eigenvalue weighted by Gasteiger charge is -2.14. The monoisotopic (exact) mass is 409 g/mol. The predicted octanol–water partition coefficient (Wildman–Crippen LogP) is 5.32. The number of rotatable bonds is 4. The highest BCUT2D eigenvalue weighted by atomic mass is 79.9. The molecule has 3 rings (SSSR count). The normalized spacial score (nSPS) is 12.9. The second-order valence-corrected chi connectivity index (χ2v) is 6.99. The van der Waals surface area contributed by atoms with Gasteiger partial charge < -0.3 is 10.1 Å². The molecule has 0 aliphatic carbocycles. The Morgan fingerprint density at radius 2 is 1.90 bits per heavy atom. The van der Waals surface area contributed by atoms with E-state index in [-0.39, 0.29) is 0 Å². The lowest BCUT2D eigenvalue weighted by atomic mass is 10.1. The van der Waals surface area contributed by atoms with Gasteiger partial charge in [0.25, 0.3) is 0 Å². The summed E-state index contributed by atoms with van der Waals surface area (Å²) in [4.78, 5) is 0. The number of fused-ring (bicyclic) bond motifs is 1. The van der Waals surface area contributed by atoms with E-state index < -0.39 is 0 Å². The quantitative estimate of drug-likeness (QED) is 0.736. The smallest absolute Gasteiger partial charge is 0.127 e. The first-order chi connectivity index (χ1) is 10.2. The number of anilines is 1. The molecule has 2 aromatic rings. The molecule has 0 saturated heterocycles. The van der Waals surface area contributed by atoms with Gasteiger partial charge in [0.1, 0.15) is 5.75 Å². The van der Waals surface area contributed by atoms with Crippen molar-refractivity contribution in [2.45, 2.75) is 26.3 Å². The van der Waals surface area contributed by atoms with Gasteiger partial charge >= 0.3 is 0 Å². The molecular weight excluding hydrogens is 394 g/mol. The maximum absolute atomic E-state index is 5.78. The Morgan fingerprint density at radius 1 is 1.10 bits per heavy atom. The van der Waals surface area contributed by atoms with Crippen molar-refractivity contribution < 1.29 is 4.74 Å². The minimum Gasteiger partial charge on any atom is -0.493 e. The molecule has 0 radical (unpaired) electrons. The highest BCUT2D eigenvalue weighted by Gasteiger charge is 2.17. The van der Waals surface area contributed by atoms with Crippen LogP contribution in [-0.4, -0.2) is 6.61 Å². The molecule has 0 fully saturated rings. The van der Waals surface area contributed by atoms with Crippen LogP contribution >= 0.6 is 31.9 Å². The summed E-state index contributed by atoms with van der Waals surface area (Å²) in [5.41, 5.74) is 5.01. The molecule has 21 heavy (non-hydrogen) atoms. The first kappa shape index (κ1) is 14.9. The fraction of sp³-hybridized carbons (Fsp3) is 0.294. The number of halogens is 2. The Hall–Kier alpha value is -1.00. The zero-order valence-corrected chi connectivity index (χ0v) is 15.1. The molecule has 0 bridgehead atoms. The van der Waals surface area contributed by atoms with E-state index in [9.17, 15) is 0 Å². The fourth-order valence-corrected chi connectivity index (χ4v) is 3.66. The summed E-state index contributed by atoms with van der Waals surface area (Å²) < 4.78 is 8.02. The third kappa shape index (κ3) is 3.27. The molecule has 0 spiro atoms. The van der Waals surface area contributed by atoms with Gasteiger partial charge in [0.2, 0.25) is 0 Å². The van der Waals surface area contributed by atoms with Crippen molar-refractivity contribution in [1.82, 2.24) is 0 Å². The van der Waals surface area contributed by atoms with Gasteiger partial charge in [-0.15, -0.1) is 0 Å². The summed E-state index contributed by atoms with van der Waals surface area (Å²) >= 11 is 7.12. The van der Waals surface area contributed by atoms with E-state index in [2.05, 4.69) is 74.4 Å². The highest BCUT2D eigenvalue weighted by Crippen LogP contribution is 2.33. The van der Waals surface area contributed by atoms with E-state index in [0.717, 1.165) is 40.7 Å². The topological polar surface area (TPSA) is 21.3 Å². The zero-order valence-electron chi connectivity index (χ0n) is 11.9. The lowest BCUT2D eigenvalue weighted by molar-refractivity contribution is 0.354. The average molecular weight is 411 g/mol. The van der Waals surface area contributed by atoms with Crippen LogP contribution in [0, 0.1) is 0 Å². The first-order valence-corrected chi connectivity index (χ1v) is 8.72. The van der Waals surface area contributed by atoms with E-state index >= 15 is 0 Å². The number of nitrogens with one attached hydrogen (secondary N) is 1. The maximum Gasteiger partial charge on any atom is 0.127 e. The van der Waals surface area contributed by atoms with E-state index in [1.54, 1.807) is 0 Å². The van der Waals surface area contributed by atoms with Crippen LogP contribution in [0.5, 0.6) is 5.75 Å². The van der Waals surface area contributed by atoms with Crippen LogP contribution in [0.4, 0.5) is 5.69 Å². The molecule has 2 aromatic carbocycles. The van der Waals surface area contributed by atoms with Gasteiger partial charge in [-0.1, -0.05) is 38.8 Å². The number of hydrogen-bond donors (Lipinski definition) is 1. The lowest BCUT2D eigenvalue weighted by Crippen LogP contribution is -2.04. The van der Waals surface area contributed by atoms with Gasteiger partial charge in [-0.2, -0.15) is 0 Å². The van der Waals surface area contributed by atoms with Crippen molar-refractivity contribution in [3.63, 3.8) is 0 Å². The Bertz CT molecular complexity index is 670.